The molecule has 8 rings (SSSR count). The molecule has 0 bridgehead atoms. The lowest BCUT2D eigenvalue weighted by Gasteiger charge is -2.42. The molecule has 0 N–H and O–H groups in total. The minimum atomic E-state index is -5.15. The van der Waals surface area contributed by atoms with Crippen molar-refractivity contribution in [1.29, 1.82) is 0 Å². The number of halogens is 7. The number of hydrogen-bond acceptors (Lipinski definition) is 11. The Morgan fingerprint density at radius 2 is 1.05 bits per heavy atom. The number of benzene rings is 6. The summed E-state index contributed by atoms with van der Waals surface area (Å²) in [4.78, 5) is 16.8. The Hall–Kier alpha value is -6.05. The quantitative estimate of drug-likeness (QED) is 0.0534. The Kier molecular flexibility index (Phi) is 16.8. The molecule has 73 heavy (non-hydrogen) atoms. The number of alkyl halides is 6. The standard InChI is InChI=1S/C51H47F7N4O9P2/c1-36(42-28-43(50(53,54)55)30-44(29-42)51(56,57)58)71-48-47(41-22-24-45(52)25-23-41)60(26-27-66-48)31-46-59-62(73(65,69-34-39-18-10-4-11-19-39)70-35-40-20-12-5-13-21-40)49(63)61(46)72(64,67-32-37-14-6-2-7-15-37)68-33-38-16-8-3-9-17-38/h2-25,28-30,36,47-48H,26-27,31-35H2,1H3/t36-,47+,48-/m0/s1. The van der Waals surface area contributed by atoms with Crippen molar-refractivity contribution in [2.75, 3.05) is 13.2 Å². The Morgan fingerprint density at radius 3 is 1.48 bits per heavy atom. The van der Waals surface area contributed by atoms with Crippen LogP contribution in [0.4, 0.5) is 30.7 Å². The largest absolute Gasteiger partial charge is 0.460 e. The molecule has 0 aliphatic carbocycles. The van der Waals surface area contributed by atoms with Crippen LogP contribution in [0.1, 0.15) is 69.4 Å². The van der Waals surface area contributed by atoms with Crippen molar-refractivity contribution in [2.45, 2.75) is 70.7 Å². The minimum Gasteiger partial charge on any atom is -0.349 e. The van der Waals surface area contributed by atoms with Gasteiger partial charge in [-0.25, -0.2) is 18.3 Å². The van der Waals surface area contributed by atoms with E-state index in [4.69, 9.17) is 27.6 Å². The van der Waals surface area contributed by atoms with Gasteiger partial charge < -0.3 is 9.47 Å². The summed E-state index contributed by atoms with van der Waals surface area (Å²) in [5.74, 6) is -1.04. The van der Waals surface area contributed by atoms with Crippen LogP contribution in [0.3, 0.4) is 0 Å². The third kappa shape index (κ3) is 13.4. The maximum absolute atomic E-state index is 15.7. The monoisotopic (exact) mass is 1050 g/mol. The smallest absolute Gasteiger partial charge is 0.349 e. The summed E-state index contributed by atoms with van der Waals surface area (Å²) in [5, 5.41) is 4.54. The molecule has 0 saturated carbocycles. The summed E-state index contributed by atoms with van der Waals surface area (Å²) < 4.78 is 167. The summed E-state index contributed by atoms with van der Waals surface area (Å²) in [6, 6.07) is 39.1. The van der Waals surface area contributed by atoms with Gasteiger partial charge in [0.1, 0.15) is 5.82 Å². The molecule has 0 spiro atoms. The van der Waals surface area contributed by atoms with Crippen molar-refractivity contribution in [3.8, 4) is 0 Å². The van der Waals surface area contributed by atoms with Crippen LogP contribution in [0.5, 0.6) is 0 Å². The number of aromatic nitrogens is 3. The average Bonchev–Trinajstić information content (AvgIpc) is 3.73. The third-order valence-corrected chi connectivity index (χ3v) is 15.0. The molecular weight excluding hydrogens is 1010 g/mol. The first-order chi connectivity index (χ1) is 34.9. The number of morpholine rings is 1. The molecule has 7 aromatic rings. The Balaban J connectivity index is 1.25. The fraction of sp³-hybridized carbons (Fsp3) is 0.255. The highest BCUT2D eigenvalue weighted by atomic mass is 31.2. The van der Waals surface area contributed by atoms with Gasteiger partial charge in [-0.05, 0) is 70.6 Å². The zero-order chi connectivity index (χ0) is 51.8. The zero-order valence-corrected chi connectivity index (χ0v) is 40.6. The predicted molar refractivity (Wildman–Crippen MR) is 253 cm³/mol. The van der Waals surface area contributed by atoms with E-state index in [0.29, 0.717) is 43.2 Å². The molecule has 6 aromatic carbocycles. The molecule has 22 heteroatoms. The number of ether oxygens (including phenoxy) is 2. The maximum Gasteiger partial charge on any atom is 0.460 e. The minimum absolute atomic E-state index is 0.000825. The summed E-state index contributed by atoms with van der Waals surface area (Å²) in [6.45, 7) is -0.957. The second-order valence-electron chi connectivity index (χ2n) is 16.7. The molecule has 13 nitrogen and oxygen atoms in total. The van der Waals surface area contributed by atoms with Gasteiger partial charge in [0, 0.05) is 6.54 Å². The van der Waals surface area contributed by atoms with Crippen molar-refractivity contribution in [3.63, 3.8) is 0 Å². The van der Waals surface area contributed by atoms with E-state index in [0.717, 1.165) is 12.1 Å². The van der Waals surface area contributed by atoms with Crippen LogP contribution in [-0.4, -0.2) is 38.2 Å². The second kappa shape index (κ2) is 23.0. The molecule has 3 atom stereocenters. The molecule has 1 aromatic heterocycles. The molecule has 0 unspecified atom stereocenters. The third-order valence-electron chi connectivity index (χ3n) is 11.5. The number of rotatable bonds is 20. The van der Waals surface area contributed by atoms with Gasteiger partial charge in [0.15, 0.2) is 12.1 Å². The van der Waals surface area contributed by atoms with Crippen LogP contribution in [-0.2, 0) is 82.0 Å². The van der Waals surface area contributed by atoms with Crippen LogP contribution in [0.25, 0.3) is 0 Å². The SMILES string of the molecule is C[C@H](O[C@@H]1OCCN(Cc2nn(P(=O)(OCc3ccccc3)OCc3ccccc3)c(=O)n2P(=O)(OCc2ccccc2)OCc2ccccc2)[C@@H]1c1ccc(F)cc1)c1cc(C(F)(F)F)cc(C(F)(F)F)c1. The van der Waals surface area contributed by atoms with Crippen molar-refractivity contribution in [2.24, 2.45) is 0 Å². The van der Waals surface area contributed by atoms with Crippen molar-refractivity contribution in [1.82, 2.24) is 18.8 Å². The normalized spacial score (nSPS) is 16.4. The first-order valence-corrected chi connectivity index (χ1v) is 25.6. The topological polar surface area (TPSA) is 133 Å². The first-order valence-electron chi connectivity index (χ1n) is 22.6. The fourth-order valence-corrected chi connectivity index (χ4v) is 10.9. The average molecular weight is 1050 g/mol. The van der Waals surface area contributed by atoms with Gasteiger partial charge in [0.25, 0.3) is 0 Å². The lowest BCUT2D eigenvalue weighted by molar-refractivity contribution is -0.231. The van der Waals surface area contributed by atoms with Gasteiger partial charge in [-0.1, -0.05) is 133 Å². The molecule has 0 radical (unpaired) electrons. The Bertz CT molecular complexity index is 2950. The maximum atomic E-state index is 15.7. The summed E-state index contributed by atoms with van der Waals surface area (Å²) in [5.41, 5.74) is -2.50. The molecular formula is C51H47F7N4O9P2. The Labute approximate surface area is 414 Å². The molecule has 0 amide bonds. The van der Waals surface area contributed by atoms with E-state index in [9.17, 15) is 30.7 Å². The lowest BCUT2D eigenvalue weighted by atomic mass is 10.0. The highest BCUT2D eigenvalue weighted by Gasteiger charge is 2.44. The van der Waals surface area contributed by atoms with E-state index < -0.39 is 86.8 Å². The molecule has 1 aliphatic heterocycles. The highest BCUT2D eigenvalue weighted by molar-refractivity contribution is 7.53. The number of hydrogen-bond donors (Lipinski definition) is 0. The lowest BCUT2D eigenvalue weighted by Crippen LogP contribution is -2.46. The second-order valence-corrected chi connectivity index (χ2v) is 20.4. The molecule has 1 fully saturated rings. The van der Waals surface area contributed by atoms with Gasteiger partial charge >= 0.3 is 33.5 Å². The van der Waals surface area contributed by atoms with Crippen LogP contribution >= 0.6 is 15.5 Å². The van der Waals surface area contributed by atoms with Gasteiger partial charge in [-0.3, -0.25) is 23.0 Å². The molecule has 2 heterocycles. The first kappa shape index (κ1) is 53.2. The Morgan fingerprint density at radius 1 is 0.630 bits per heavy atom. The van der Waals surface area contributed by atoms with Crippen molar-refractivity contribution >= 4 is 15.5 Å². The van der Waals surface area contributed by atoms with E-state index in [1.807, 2.05) is 0 Å². The number of nitrogens with zero attached hydrogens (tertiary/aromatic N) is 4. The van der Waals surface area contributed by atoms with E-state index in [1.165, 1.54) is 19.1 Å². The molecule has 1 saturated heterocycles. The molecule has 384 valence electrons. The van der Waals surface area contributed by atoms with Gasteiger partial charge in [0.2, 0.25) is 0 Å². The summed E-state index contributed by atoms with van der Waals surface area (Å²) in [6.07, 6.45) is -13.3. The van der Waals surface area contributed by atoms with E-state index >= 15 is 13.9 Å². The van der Waals surface area contributed by atoms with Crippen molar-refractivity contribution in [3.05, 3.63) is 230 Å². The van der Waals surface area contributed by atoms with Crippen LogP contribution in [0.2, 0.25) is 0 Å². The zero-order valence-electron chi connectivity index (χ0n) is 38.8. The van der Waals surface area contributed by atoms with Crippen LogP contribution < -0.4 is 5.69 Å². The highest BCUT2D eigenvalue weighted by Crippen LogP contribution is 2.54. The van der Waals surface area contributed by atoms with Crippen molar-refractivity contribution < 1.29 is 67.4 Å². The fourth-order valence-electron chi connectivity index (χ4n) is 7.80. The van der Waals surface area contributed by atoms with Gasteiger partial charge in [0.05, 0.1) is 62.9 Å². The summed E-state index contributed by atoms with van der Waals surface area (Å²) >= 11 is 0. The van der Waals surface area contributed by atoms with Gasteiger partial charge in [-0.2, -0.15) is 30.7 Å². The van der Waals surface area contributed by atoms with E-state index in [1.54, 1.807) is 126 Å². The van der Waals surface area contributed by atoms with E-state index in [2.05, 4.69) is 5.10 Å². The summed E-state index contributed by atoms with van der Waals surface area (Å²) in [7, 11) is -9.92. The van der Waals surface area contributed by atoms with E-state index in [-0.39, 0.29) is 51.2 Å². The molecule has 1 aliphatic rings. The van der Waals surface area contributed by atoms with Crippen LogP contribution in [0.15, 0.2) is 169 Å². The van der Waals surface area contributed by atoms with Gasteiger partial charge in [-0.15, -0.1) is 9.55 Å². The van der Waals surface area contributed by atoms with Crippen LogP contribution in [0, 0.1) is 5.82 Å². The predicted octanol–water partition coefficient (Wildman–Crippen LogP) is 12.7.